The van der Waals surface area contributed by atoms with Gasteiger partial charge in [0.05, 0.1) is 10.7 Å². The number of rotatable bonds is 6. The van der Waals surface area contributed by atoms with Gasteiger partial charge in [-0.15, -0.1) is 11.3 Å². The molecule has 1 N–H and O–H groups in total. The molecule has 1 atom stereocenters. The lowest BCUT2D eigenvalue weighted by Gasteiger charge is -2.19. The maximum Gasteiger partial charge on any atom is 0.0934 e. The van der Waals surface area contributed by atoms with E-state index >= 15 is 0 Å². The highest BCUT2D eigenvalue weighted by Crippen LogP contribution is 2.22. The molecule has 92 valence electrons. The van der Waals surface area contributed by atoms with Gasteiger partial charge in [-0.25, -0.2) is 4.98 Å². The van der Waals surface area contributed by atoms with Gasteiger partial charge in [0.1, 0.15) is 0 Å². The van der Waals surface area contributed by atoms with Gasteiger partial charge in [-0.1, -0.05) is 20.8 Å². The summed E-state index contributed by atoms with van der Waals surface area (Å²) in [6, 6.07) is 0. The van der Waals surface area contributed by atoms with Gasteiger partial charge >= 0.3 is 0 Å². The smallest absolute Gasteiger partial charge is 0.0934 e. The van der Waals surface area contributed by atoms with Crippen LogP contribution in [0.4, 0.5) is 0 Å². The van der Waals surface area contributed by atoms with Gasteiger partial charge in [-0.05, 0) is 38.8 Å². The van der Waals surface area contributed by atoms with E-state index in [2.05, 4.69) is 44.9 Å². The van der Waals surface area contributed by atoms with Crippen molar-refractivity contribution in [3.05, 3.63) is 15.6 Å². The monoisotopic (exact) mass is 240 g/mol. The number of hydrogen-bond donors (Lipinski definition) is 1. The number of nitrogens with one attached hydrogen (secondary N) is 1. The summed E-state index contributed by atoms with van der Waals surface area (Å²) in [4.78, 5) is 5.99. The first-order valence-corrected chi connectivity index (χ1v) is 6.99. The molecule has 1 rings (SSSR count). The predicted molar refractivity (Wildman–Crippen MR) is 72.2 cm³/mol. The molecule has 0 amide bonds. The maximum atomic E-state index is 4.63. The second-order valence-corrected chi connectivity index (χ2v) is 6.05. The quantitative estimate of drug-likeness (QED) is 0.826. The average molecular weight is 240 g/mol. The van der Waals surface area contributed by atoms with Gasteiger partial charge < -0.3 is 5.32 Å². The molecule has 16 heavy (non-hydrogen) atoms. The highest BCUT2D eigenvalue weighted by atomic mass is 32.1. The molecule has 0 aliphatic heterocycles. The van der Waals surface area contributed by atoms with Crippen molar-refractivity contribution in [2.24, 2.45) is 11.8 Å². The lowest BCUT2D eigenvalue weighted by Crippen LogP contribution is -2.27. The molecular formula is C13H24N2S. The first-order chi connectivity index (χ1) is 7.54. The van der Waals surface area contributed by atoms with Crippen molar-refractivity contribution in [3.8, 4) is 0 Å². The first kappa shape index (κ1) is 13.7. The van der Waals surface area contributed by atoms with E-state index in [1.54, 1.807) is 0 Å². The standard InChI is InChI=1S/C13H24N2S/c1-6-14-8-12(9(2)3)7-13-15-10(4)11(5)16-13/h9,12,14H,6-8H2,1-5H3. The molecule has 0 aromatic carbocycles. The van der Waals surface area contributed by atoms with Crippen molar-refractivity contribution in [2.75, 3.05) is 13.1 Å². The lowest BCUT2D eigenvalue weighted by atomic mass is 9.93. The molecule has 0 fully saturated rings. The Labute approximate surface area is 103 Å². The highest BCUT2D eigenvalue weighted by molar-refractivity contribution is 7.11. The van der Waals surface area contributed by atoms with E-state index < -0.39 is 0 Å². The molecule has 1 aromatic heterocycles. The van der Waals surface area contributed by atoms with Crippen LogP contribution in [0.5, 0.6) is 0 Å². The summed E-state index contributed by atoms with van der Waals surface area (Å²) < 4.78 is 0. The van der Waals surface area contributed by atoms with Crippen molar-refractivity contribution in [1.29, 1.82) is 0 Å². The minimum atomic E-state index is 0.699. The second-order valence-electron chi connectivity index (χ2n) is 4.77. The Morgan fingerprint density at radius 3 is 2.44 bits per heavy atom. The fourth-order valence-electron chi connectivity index (χ4n) is 1.72. The average Bonchev–Trinajstić information content (AvgIpc) is 2.52. The summed E-state index contributed by atoms with van der Waals surface area (Å²) in [7, 11) is 0. The molecule has 0 radical (unpaired) electrons. The van der Waals surface area contributed by atoms with E-state index in [1.165, 1.54) is 15.6 Å². The Morgan fingerprint density at radius 2 is 2.00 bits per heavy atom. The predicted octanol–water partition coefficient (Wildman–Crippen LogP) is 3.18. The Morgan fingerprint density at radius 1 is 1.31 bits per heavy atom. The summed E-state index contributed by atoms with van der Waals surface area (Å²) >= 11 is 1.85. The van der Waals surface area contributed by atoms with Crippen LogP contribution in [0.1, 0.15) is 36.3 Å². The highest BCUT2D eigenvalue weighted by Gasteiger charge is 2.16. The van der Waals surface area contributed by atoms with Gasteiger partial charge in [0, 0.05) is 11.3 Å². The third-order valence-corrected chi connectivity index (χ3v) is 4.20. The Balaban J connectivity index is 2.60. The number of thiazole rings is 1. The zero-order valence-corrected chi connectivity index (χ0v) is 11.9. The van der Waals surface area contributed by atoms with Gasteiger partial charge in [-0.2, -0.15) is 0 Å². The van der Waals surface area contributed by atoms with Crippen molar-refractivity contribution in [3.63, 3.8) is 0 Å². The molecule has 0 saturated carbocycles. The molecule has 0 aliphatic carbocycles. The summed E-state index contributed by atoms with van der Waals surface area (Å²) in [6.07, 6.45) is 1.12. The first-order valence-electron chi connectivity index (χ1n) is 6.18. The SMILES string of the molecule is CCNCC(Cc1nc(C)c(C)s1)C(C)C. The Bertz CT molecular complexity index is 298. The normalized spacial score (nSPS) is 13.4. The van der Waals surface area contributed by atoms with Crippen molar-refractivity contribution in [1.82, 2.24) is 10.3 Å². The third-order valence-electron chi connectivity index (χ3n) is 3.11. The second kappa shape index (κ2) is 6.36. The molecule has 0 aliphatic rings. The van der Waals surface area contributed by atoms with Crippen molar-refractivity contribution in [2.45, 2.75) is 41.0 Å². The number of aryl methyl sites for hydroxylation is 2. The summed E-state index contributed by atoms with van der Waals surface area (Å²) in [5.74, 6) is 1.41. The van der Waals surface area contributed by atoms with Crippen LogP contribution >= 0.6 is 11.3 Å². The molecule has 1 aromatic rings. The summed E-state index contributed by atoms with van der Waals surface area (Å²) in [5, 5.41) is 4.75. The van der Waals surface area contributed by atoms with E-state index in [4.69, 9.17) is 0 Å². The molecule has 0 spiro atoms. The molecule has 2 nitrogen and oxygen atoms in total. The summed E-state index contributed by atoms with van der Waals surface area (Å²) in [5.41, 5.74) is 1.20. The Kier molecular flexibility index (Phi) is 5.42. The Hall–Kier alpha value is -0.410. The topological polar surface area (TPSA) is 24.9 Å². The minimum absolute atomic E-state index is 0.699. The van der Waals surface area contributed by atoms with Gasteiger partial charge in [-0.3, -0.25) is 0 Å². The zero-order valence-electron chi connectivity index (χ0n) is 11.1. The van der Waals surface area contributed by atoms with E-state index in [0.29, 0.717) is 11.8 Å². The van der Waals surface area contributed by atoms with Gasteiger partial charge in [0.2, 0.25) is 0 Å². The van der Waals surface area contributed by atoms with Crippen LogP contribution in [-0.4, -0.2) is 18.1 Å². The fourth-order valence-corrected chi connectivity index (χ4v) is 2.75. The van der Waals surface area contributed by atoms with Crippen LogP contribution in [0.15, 0.2) is 0 Å². The molecular weight excluding hydrogens is 216 g/mol. The molecule has 1 heterocycles. The van der Waals surface area contributed by atoms with E-state index in [0.717, 1.165) is 19.5 Å². The zero-order chi connectivity index (χ0) is 12.1. The van der Waals surface area contributed by atoms with Crippen LogP contribution in [-0.2, 0) is 6.42 Å². The van der Waals surface area contributed by atoms with Gasteiger partial charge in [0.25, 0.3) is 0 Å². The van der Waals surface area contributed by atoms with E-state index in [1.807, 2.05) is 11.3 Å². The van der Waals surface area contributed by atoms with Crippen LogP contribution in [0.3, 0.4) is 0 Å². The van der Waals surface area contributed by atoms with Crippen molar-refractivity contribution >= 4 is 11.3 Å². The van der Waals surface area contributed by atoms with Crippen LogP contribution in [0, 0.1) is 25.7 Å². The third kappa shape index (κ3) is 3.87. The molecule has 3 heteroatoms. The molecule has 0 bridgehead atoms. The largest absolute Gasteiger partial charge is 0.317 e. The van der Waals surface area contributed by atoms with Crippen molar-refractivity contribution < 1.29 is 0 Å². The maximum absolute atomic E-state index is 4.63. The minimum Gasteiger partial charge on any atom is -0.317 e. The van der Waals surface area contributed by atoms with Crippen LogP contribution in [0.25, 0.3) is 0 Å². The van der Waals surface area contributed by atoms with E-state index in [-0.39, 0.29) is 0 Å². The molecule has 1 unspecified atom stereocenters. The number of hydrogen-bond acceptors (Lipinski definition) is 3. The van der Waals surface area contributed by atoms with E-state index in [9.17, 15) is 0 Å². The number of nitrogens with zero attached hydrogens (tertiary/aromatic N) is 1. The lowest BCUT2D eigenvalue weighted by molar-refractivity contribution is 0.363. The molecule has 0 saturated heterocycles. The fraction of sp³-hybridized carbons (Fsp3) is 0.769. The van der Waals surface area contributed by atoms with Crippen LogP contribution in [0.2, 0.25) is 0 Å². The summed E-state index contributed by atoms with van der Waals surface area (Å²) in [6.45, 7) is 13.2. The number of aromatic nitrogens is 1. The van der Waals surface area contributed by atoms with Crippen LogP contribution < -0.4 is 5.32 Å². The van der Waals surface area contributed by atoms with Gasteiger partial charge in [0.15, 0.2) is 0 Å².